The molecule has 0 spiro atoms. The fourth-order valence-electron chi connectivity index (χ4n) is 4.43. The lowest BCUT2D eigenvalue weighted by Gasteiger charge is -2.15. The highest BCUT2D eigenvalue weighted by Crippen LogP contribution is 2.33. The Labute approximate surface area is 284 Å². The van der Waals surface area contributed by atoms with Crippen molar-refractivity contribution in [2.75, 3.05) is 26.8 Å². The number of carbonyl (C=O) groups excluding carboxylic acids is 2. The van der Waals surface area contributed by atoms with Gasteiger partial charge in [-0.25, -0.2) is 4.79 Å². The second-order valence-corrected chi connectivity index (χ2v) is 11.2. The van der Waals surface area contributed by atoms with Gasteiger partial charge in [0.1, 0.15) is 30.4 Å². The van der Waals surface area contributed by atoms with Crippen molar-refractivity contribution in [3.63, 3.8) is 0 Å². The van der Waals surface area contributed by atoms with Crippen molar-refractivity contribution < 1.29 is 28.6 Å². The largest absolute Gasteiger partial charge is 0.497 e. The first kappa shape index (κ1) is 35.1. The van der Waals surface area contributed by atoms with Crippen molar-refractivity contribution >= 4 is 40.9 Å². The molecular formula is C36H37Cl2N3O6. The molecule has 246 valence electrons. The van der Waals surface area contributed by atoms with Gasteiger partial charge in [-0.1, -0.05) is 101 Å². The molecule has 47 heavy (non-hydrogen) atoms. The first-order valence-electron chi connectivity index (χ1n) is 15.1. The maximum absolute atomic E-state index is 13.4. The van der Waals surface area contributed by atoms with E-state index in [1.807, 2.05) is 84.9 Å². The third-order valence-corrected chi connectivity index (χ3v) is 7.36. The average molecular weight is 679 g/mol. The SMILES string of the molecule is COc1ccc(CO/N=C(\Cc2cc(Cl)cc(Cl)c2OCCCNC(=O)OCc2ccccc2)C(=O)NCCc2ccccc2)cc1. The molecule has 4 rings (SSSR count). The molecule has 0 saturated carbocycles. The molecule has 4 aromatic rings. The number of hydrogen-bond donors (Lipinski definition) is 2. The molecule has 0 aliphatic heterocycles. The van der Waals surface area contributed by atoms with Crippen LogP contribution in [0, 0.1) is 0 Å². The molecule has 2 amide bonds. The van der Waals surface area contributed by atoms with Crippen LogP contribution in [0.25, 0.3) is 0 Å². The molecular weight excluding hydrogens is 641 g/mol. The van der Waals surface area contributed by atoms with Gasteiger partial charge in [0, 0.05) is 30.1 Å². The smallest absolute Gasteiger partial charge is 0.407 e. The number of amides is 2. The van der Waals surface area contributed by atoms with Crippen LogP contribution in [0.2, 0.25) is 10.0 Å². The number of rotatable bonds is 17. The summed E-state index contributed by atoms with van der Waals surface area (Å²) in [5.41, 5.74) is 3.53. The fourth-order valence-corrected chi connectivity index (χ4v) is 5.02. The molecule has 0 atom stereocenters. The summed E-state index contributed by atoms with van der Waals surface area (Å²) < 4.78 is 16.5. The number of methoxy groups -OCH3 is 1. The Bertz CT molecular complexity index is 1600. The third kappa shape index (κ3) is 12.2. The monoisotopic (exact) mass is 677 g/mol. The normalized spacial score (nSPS) is 11.0. The number of benzene rings is 4. The van der Waals surface area contributed by atoms with E-state index in [2.05, 4.69) is 15.8 Å². The third-order valence-electron chi connectivity index (χ3n) is 6.86. The molecule has 0 aliphatic rings. The number of nitrogens with one attached hydrogen (secondary N) is 2. The van der Waals surface area contributed by atoms with Crippen LogP contribution in [-0.4, -0.2) is 44.5 Å². The number of alkyl carbamates (subject to hydrolysis) is 1. The van der Waals surface area contributed by atoms with E-state index in [4.69, 9.17) is 42.3 Å². The predicted octanol–water partition coefficient (Wildman–Crippen LogP) is 7.17. The van der Waals surface area contributed by atoms with Crippen LogP contribution in [0.3, 0.4) is 0 Å². The van der Waals surface area contributed by atoms with Gasteiger partial charge >= 0.3 is 6.09 Å². The summed E-state index contributed by atoms with van der Waals surface area (Å²) in [6, 6.07) is 29.9. The van der Waals surface area contributed by atoms with Gasteiger partial charge in [-0.15, -0.1) is 0 Å². The van der Waals surface area contributed by atoms with Crippen molar-refractivity contribution in [1.82, 2.24) is 10.6 Å². The summed E-state index contributed by atoms with van der Waals surface area (Å²) in [7, 11) is 1.60. The Morgan fingerprint density at radius 2 is 1.47 bits per heavy atom. The van der Waals surface area contributed by atoms with Crippen molar-refractivity contribution in [3.8, 4) is 11.5 Å². The van der Waals surface area contributed by atoms with E-state index in [1.165, 1.54) is 0 Å². The molecule has 2 N–H and O–H groups in total. The molecule has 9 nitrogen and oxygen atoms in total. The number of nitrogens with zero attached hydrogens (tertiary/aromatic N) is 1. The first-order valence-corrected chi connectivity index (χ1v) is 15.9. The highest BCUT2D eigenvalue weighted by molar-refractivity contribution is 6.40. The standard InChI is InChI=1S/C36H37Cl2N3O6/c1-44-31-15-13-28(14-16-31)25-47-41-33(35(42)39-19-17-26-9-4-2-5-10-26)22-29-21-30(37)23-32(38)34(29)45-20-8-18-40-36(43)46-24-27-11-6-3-7-12-27/h2-7,9-16,21,23H,8,17-20,22,24-25H2,1H3,(H,39,42)(H,40,43)/b41-33+. The molecule has 0 saturated heterocycles. The van der Waals surface area contributed by atoms with Crippen molar-refractivity contribution in [2.24, 2.45) is 5.16 Å². The lowest BCUT2D eigenvalue weighted by molar-refractivity contribution is -0.115. The quantitative estimate of drug-likeness (QED) is 0.0697. The van der Waals surface area contributed by atoms with Crippen molar-refractivity contribution in [3.05, 3.63) is 129 Å². The van der Waals surface area contributed by atoms with E-state index < -0.39 is 12.0 Å². The van der Waals surface area contributed by atoms with Gasteiger partial charge in [0.25, 0.3) is 5.91 Å². The Morgan fingerprint density at radius 1 is 0.787 bits per heavy atom. The molecule has 0 bridgehead atoms. The highest BCUT2D eigenvalue weighted by Gasteiger charge is 2.19. The Balaban J connectivity index is 1.37. The minimum atomic E-state index is -0.521. The van der Waals surface area contributed by atoms with Crippen LogP contribution < -0.4 is 20.1 Å². The minimum Gasteiger partial charge on any atom is -0.497 e. The van der Waals surface area contributed by atoms with E-state index in [-0.39, 0.29) is 37.0 Å². The van der Waals surface area contributed by atoms with Crippen LogP contribution >= 0.6 is 23.2 Å². The summed E-state index contributed by atoms with van der Waals surface area (Å²) in [5.74, 6) is 0.693. The van der Waals surface area contributed by atoms with Crippen LogP contribution in [0.15, 0.2) is 102 Å². The molecule has 0 unspecified atom stereocenters. The zero-order chi connectivity index (χ0) is 33.3. The fraction of sp³-hybridized carbons (Fsp3) is 0.250. The molecule has 0 aliphatic carbocycles. The summed E-state index contributed by atoms with van der Waals surface area (Å²) in [6.45, 7) is 1.29. The Kier molecular flexibility index (Phi) is 14.2. The number of oxime groups is 1. The number of ether oxygens (including phenoxy) is 3. The predicted molar refractivity (Wildman–Crippen MR) is 183 cm³/mol. The van der Waals surface area contributed by atoms with Gasteiger partial charge in [0.15, 0.2) is 0 Å². The summed E-state index contributed by atoms with van der Waals surface area (Å²) in [4.78, 5) is 31.0. The zero-order valence-electron chi connectivity index (χ0n) is 26.0. The number of hydrogen-bond acceptors (Lipinski definition) is 7. The molecule has 0 heterocycles. The van der Waals surface area contributed by atoms with Gasteiger partial charge in [-0.3, -0.25) is 4.79 Å². The van der Waals surface area contributed by atoms with E-state index in [0.717, 1.165) is 22.4 Å². The van der Waals surface area contributed by atoms with Crippen LogP contribution in [-0.2, 0) is 40.4 Å². The van der Waals surface area contributed by atoms with Gasteiger partial charge in [0.05, 0.1) is 18.7 Å². The number of halogens is 2. The van der Waals surface area contributed by atoms with Gasteiger partial charge in [-0.2, -0.15) is 0 Å². The summed E-state index contributed by atoms with van der Waals surface area (Å²) >= 11 is 12.9. The second-order valence-electron chi connectivity index (χ2n) is 10.4. The van der Waals surface area contributed by atoms with Crippen molar-refractivity contribution in [1.29, 1.82) is 0 Å². The van der Waals surface area contributed by atoms with Gasteiger partial charge < -0.3 is 29.7 Å². The Hall–Kier alpha value is -4.73. The molecule has 0 fully saturated rings. The van der Waals surface area contributed by atoms with Gasteiger partial charge in [-0.05, 0) is 53.8 Å². The zero-order valence-corrected chi connectivity index (χ0v) is 27.6. The van der Waals surface area contributed by atoms with Gasteiger partial charge in [0.2, 0.25) is 0 Å². The molecule has 0 aromatic heterocycles. The lowest BCUT2D eigenvalue weighted by Crippen LogP contribution is -2.34. The summed E-state index contributed by atoms with van der Waals surface area (Å²) in [5, 5.41) is 10.5. The molecule has 4 aromatic carbocycles. The average Bonchev–Trinajstić information content (AvgIpc) is 3.08. The van der Waals surface area contributed by atoms with Crippen LogP contribution in [0.1, 0.15) is 28.7 Å². The summed E-state index contributed by atoms with van der Waals surface area (Å²) in [6.07, 6.45) is 0.648. The van der Waals surface area contributed by atoms with E-state index in [1.54, 1.807) is 19.2 Å². The topological polar surface area (TPSA) is 107 Å². The van der Waals surface area contributed by atoms with E-state index >= 15 is 0 Å². The Morgan fingerprint density at radius 3 is 2.17 bits per heavy atom. The lowest BCUT2D eigenvalue weighted by atomic mass is 10.1. The maximum Gasteiger partial charge on any atom is 0.407 e. The number of carbonyl (C=O) groups is 2. The molecule has 0 radical (unpaired) electrons. The highest BCUT2D eigenvalue weighted by atomic mass is 35.5. The van der Waals surface area contributed by atoms with Crippen LogP contribution in [0.5, 0.6) is 11.5 Å². The first-order chi connectivity index (χ1) is 22.9. The maximum atomic E-state index is 13.4. The van der Waals surface area contributed by atoms with E-state index in [0.29, 0.717) is 42.3 Å². The molecule has 11 heteroatoms. The van der Waals surface area contributed by atoms with Crippen LogP contribution in [0.4, 0.5) is 4.79 Å². The second kappa shape index (κ2) is 19.1. The van der Waals surface area contributed by atoms with Crippen molar-refractivity contribution in [2.45, 2.75) is 32.5 Å². The van der Waals surface area contributed by atoms with E-state index in [9.17, 15) is 9.59 Å². The minimum absolute atomic E-state index is 0.0411.